The van der Waals surface area contributed by atoms with Gasteiger partial charge in [0, 0.05) is 6.42 Å². The first-order valence-electron chi connectivity index (χ1n) is 3.75. The van der Waals surface area contributed by atoms with E-state index in [-0.39, 0.29) is 5.91 Å². The molecule has 0 rings (SSSR count). The van der Waals surface area contributed by atoms with Gasteiger partial charge in [-0.05, 0) is 19.8 Å². The van der Waals surface area contributed by atoms with Crippen LogP contribution in [0.4, 0.5) is 0 Å². The van der Waals surface area contributed by atoms with E-state index in [9.17, 15) is 4.79 Å². The fourth-order valence-electron chi connectivity index (χ4n) is 0.808. The molecule has 0 aliphatic carbocycles. The van der Waals surface area contributed by atoms with Crippen LogP contribution in [0.2, 0.25) is 0 Å². The maximum atomic E-state index is 10.8. The van der Waals surface area contributed by atoms with Gasteiger partial charge in [0.15, 0.2) is 0 Å². The maximum Gasteiger partial charge on any atom is 0.228 e. The van der Waals surface area contributed by atoms with Crippen molar-refractivity contribution in [2.45, 2.75) is 33.1 Å². The third-order valence-corrected chi connectivity index (χ3v) is 2.01. The summed E-state index contributed by atoms with van der Waals surface area (Å²) in [6, 6.07) is 0. The van der Waals surface area contributed by atoms with Gasteiger partial charge in [-0.1, -0.05) is 18.6 Å². The summed E-state index contributed by atoms with van der Waals surface area (Å²) in [5.41, 5.74) is 1.30. The smallest absolute Gasteiger partial charge is 0.228 e. The molecule has 0 radical (unpaired) electrons. The van der Waals surface area contributed by atoms with Crippen LogP contribution in [0.3, 0.4) is 0 Å². The highest BCUT2D eigenvalue weighted by atomic mass is 127. The largest absolute Gasteiger partial charge is 0.299 e. The molecule has 3 heteroatoms. The van der Waals surface area contributed by atoms with Crippen molar-refractivity contribution in [1.82, 2.24) is 3.53 Å². The number of halogens is 1. The van der Waals surface area contributed by atoms with Crippen molar-refractivity contribution in [2.75, 3.05) is 0 Å². The van der Waals surface area contributed by atoms with Crippen LogP contribution in [0.5, 0.6) is 0 Å². The van der Waals surface area contributed by atoms with Gasteiger partial charge >= 0.3 is 0 Å². The summed E-state index contributed by atoms with van der Waals surface area (Å²) < 4.78 is 2.57. The minimum Gasteiger partial charge on any atom is -0.299 e. The minimum atomic E-state index is 0.106. The van der Waals surface area contributed by atoms with Crippen molar-refractivity contribution in [2.24, 2.45) is 0 Å². The van der Waals surface area contributed by atoms with Gasteiger partial charge in [0.2, 0.25) is 5.91 Å². The molecule has 0 heterocycles. The van der Waals surface area contributed by atoms with Crippen molar-refractivity contribution in [1.29, 1.82) is 0 Å². The lowest BCUT2D eigenvalue weighted by Crippen LogP contribution is -2.10. The Morgan fingerprint density at radius 3 is 2.64 bits per heavy atom. The van der Waals surface area contributed by atoms with Crippen molar-refractivity contribution >= 4 is 28.8 Å². The summed E-state index contributed by atoms with van der Waals surface area (Å²) in [4.78, 5) is 10.8. The Balaban J connectivity index is 3.53. The SMILES string of the molecule is CC/C=C(/C)CCC(=O)NI. The molecule has 0 aromatic carbocycles. The molecule has 0 spiro atoms. The lowest BCUT2D eigenvalue weighted by atomic mass is 10.1. The Kier molecular flexibility index (Phi) is 6.60. The number of rotatable bonds is 4. The van der Waals surface area contributed by atoms with Gasteiger partial charge in [0.1, 0.15) is 0 Å². The highest BCUT2D eigenvalue weighted by molar-refractivity contribution is 14.1. The molecule has 11 heavy (non-hydrogen) atoms. The van der Waals surface area contributed by atoms with E-state index in [0.717, 1.165) is 12.8 Å². The quantitative estimate of drug-likeness (QED) is 0.473. The Hall–Kier alpha value is -0.0600. The number of nitrogens with one attached hydrogen (secondary N) is 1. The minimum absolute atomic E-state index is 0.106. The van der Waals surface area contributed by atoms with Crippen LogP contribution in [0.1, 0.15) is 33.1 Å². The van der Waals surface area contributed by atoms with Gasteiger partial charge in [0.05, 0.1) is 22.9 Å². The molecule has 0 saturated heterocycles. The second kappa shape index (κ2) is 6.64. The molecule has 64 valence electrons. The Morgan fingerprint density at radius 1 is 1.55 bits per heavy atom. The number of hydrogen-bond acceptors (Lipinski definition) is 1. The van der Waals surface area contributed by atoms with E-state index < -0.39 is 0 Å². The maximum absolute atomic E-state index is 10.8. The summed E-state index contributed by atoms with van der Waals surface area (Å²) in [6.45, 7) is 4.16. The third kappa shape index (κ3) is 6.34. The lowest BCUT2D eigenvalue weighted by Gasteiger charge is -1.98. The molecule has 0 aromatic rings. The monoisotopic (exact) mass is 267 g/mol. The molecule has 2 nitrogen and oxygen atoms in total. The molecule has 0 saturated carbocycles. The number of amides is 1. The summed E-state index contributed by atoms with van der Waals surface area (Å²) in [5.74, 6) is 0.106. The molecular weight excluding hydrogens is 253 g/mol. The first kappa shape index (κ1) is 10.9. The number of carbonyl (C=O) groups is 1. The van der Waals surface area contributed by atoms with Crippen LogP contribution >= 0.6 is 22.9 Å². The van der Waals surface area contributed by atoms with Crippen molar-refractivity contribution in [3.63, 3.8) is 0 Å². The zero-order valence-corrected chi connectivity index (χ0v) is 9.14. The van der Waals surface area contributed by atoms with E-state index in [4.69, 9.17) is 0 Å². The third-order valence-electron chi connectivity index (χ3n) is 1.40. The van der Waals surface area contributed by atoms with E-state index in [1.807, 2.05) is 22.9 Å². The first-order valence-corrected chi connectivity index (χ1v) is 4.83. The van der Waals surface area contributed by atoms with Gasteiger partial charge < -0.3 is 0 Å². The van der Waals surface area contributed by atoms with Crippen LogP contribution in [0.15, 0.2) is 11.6 Å². The predicted octanol–water partition coefficient (Wildman–Crippen LogP) is 2.59. The van der Waals surface area contributed by atoms with Crippen molar-refractivity contribution in [3.8, 4) is 0 Å². The standard InChI is InChI=1S/C8H14INO/c1-3-4-7(2)5-6-8(11)10-9/h4H,3,5-6H2,1-2H3,(H,10,11)/b7-4-. The summed E-state index contributed by atoms with van der Waals surface area (Å²) in [5, 5.41) is 0. The number of allylic oxidation sites excluding steroid dienone is 2. The van der Waals surface area contributed by atoms with Gasteiger partial charge in [0.25, 0.3) is 0 Å². The molecule has 0 unspecified atom stereocenters. The van der Waals surface area contributed by atoms with Gasteiger partial charge in [-0.25, -0.2) is 0 Å². The number of hydrogen-bond donors (Lipinski definition) is 1. The molecule has 0 fully saturated rings. The van der Waals surface area contributed by atoms with E-state index in [2.05, 4.69) is 23.5 Å². The molecule has 1 amide bonds. The molecule has 0 bridgehead atoms. The highest BCUT2D eigenvalue weighted by Gasteiger charge is 1.97. The molecule has 0 aliphatic rings. The summed E-state index contributed by atoms with van der Waals surface area (Å²) in [6.07, 6.45) is 4.69. The number of carbonyl (C=O) groups excluding carboxylic acids is 1. The van der Waals surface area contributed by atoms with Gasteiger partial charge in [-0.3, -0.25) is 8.32 Å². The first-order chi connectivity index (χ1) is 5.20. The highest BCUT2D eigenvalue weighted by Crippen LogP contribution is 2.04. The second-order valence-electron chi connectivity index (χ2n) is 2.48. The topological polar surface area (TPSA) is 29.1 Å². The van der Waals surface area contributed by atoms with Crippen molar-refractivity contribution < 1.29 is 4.79 Å². The Morgan fingerprint density at radius 2 is 2.18 bits per heavy atom. The predicted molar refractivity (Wildman–Crippen MR) is 55.4 cm³/mol. The zero-order valence-electron chi connectivity index (χ0n) is 6.98. The normalized spacial score (nSPS) is 11.4. The molecule has 0 aromatic heterocycles. The average molecular weight is 267 g/mol. The van der Waals surface area contributed by atoms with Crippen LogP contribution in [-0.2, 0) is 4.79 Å². The fourth-order valence-corrected chi connectivity index (χ4v) is 1.08. The fraction of sp³-hybridized carbons (Fsp3) is 0.625. The van der Waals surface area contributed by atoms with Crippen LogP contribution in [0.25, 0.3) is 0 Å². The van der Waals surface area contributed by atoms with Crippen LogP contribution in [-0.4, -0.2) is 5.91 Å². The Labute approximate surface area is 81.9 Å². The molecular formula is C8H14INO. The van der Waals surface area contributed by atoms with Gasteiger partial charge in [-0.15, -0.1) is 0 Å². The lowest BCUT2D eigenvalue weighted by molar-refractivity contribution is -0.118. The van der Waals surface area contributed by atoms with E-state index in [0.29, 0.717) is 6.42 Å². The van der Waals surface area contributed by atoms with Crippen LogP contribution in [0, 0.1) is 0 Å². The average Bonchev–Trinajstić information content (AvgIpc) is 2.01. The molecule has 1 N–H and O–H groups in total. The van der Waals surface area contributed by atoms with Gasteiger partial charge in [-0.2, -0.15) is 0 Å². The van der Waals surface area contributed by atoms with E-state index in [1.165, 1.54) is 5.57 Å². The van der Waals surface area contributed by atoms with E-state index in [1.54, 1.807) is 0 Å². The summed E-state index contributed by atoms with van der Waals surface area (Å²) >= 11 is 1.86. The molecule has 0 aliphatic heterocycles. The Bertz CT molecular complexity index is 154. The second-order valence-corrected chi connectivity index (χ2v) is 3.02. The zero-order chi connectivity index (χ0) is 8.69. The summed E-state index contributed by atoms with van der Waals surface area (Å²) in [7, 11) is 0. The molecule has 0 atom stereocenters. The van der Waals surface area contributed by atoms with E-state index >= 15 is 0 Å². The van der Waals surface area contributed by atoms with Crippen LogP contribution < -0.4 is 3.53 Å². The van der Waals surface area contributed by atoms with Crippen molar-refractivity contribution in [3.05, 3.63) is 11.6 Å².